The number of hydrogen-bond donors (Lipinski definition) is 1. The molecular weight excluding hydrogens is 324 g/mol. The summed E-state index contributed by atoms with van der Waals surface area (Å²) < 4.78 is 0. The number of thiophene rings is 1. The van der Waals surface area contributed by atoms with Crippen LogP contribution in [-0.4, -0.2) is 17.8 Å². The number of amides is 4. The molecule has 1 aliphatic rings. The molecule has 1 aromatic heterocycles. The van der Waals surface area contributed by atoms with Crippen molar-refractivity contribution in [3.63, 3.8) is 0 Å². The zero-order valence-electron chi connectivity index (χ0n) is 13.3. The van der Waals surface area contributed by atoms with Crippen molar-refractivity contribution in [3.8, 4) is 0 Å². The molecule has 0 bridgehead atoms. The van der Waals surface area contributed by atoms with Crippen LogP contribution in [0.3, 0.4) is 0 Å². The Labute approximate surface area is 143 Å². The lowest BCUT2D eigenvalue weighted by Gasteiger charge is -2.26. The normalized spacial score (nSPS) is 16.7. The van der Waals surface area contributed by atoms with Gasteiger partial charge in [-0.2, -0.15) is 0 Å². The highest BCUT2D eigenvalue weighted by Gasteiger charge is 2.36. The molecule has 5 nitrogen and oxygen atoms in total. The lowest BCUT2D eigenvalue weighted by Crippen LogP contribution is -2.54. The van der Waals surface area contributed by atoms with Crippen molar-refractivity contribution in [1.29, 1.82) is 0 Å². The van der Waals surface area contributed by atoms with E-state index in [0.717, 1.165) is 27.3 Å². The first-order valence-electron chi connectivity index (χ1n) is 7.55. The summed E-state index contributed by atoms with van der Waals surface area (Å²) in [5, 5.41) is 4.12. The minimum atomic E-state index is -0.728. The fourth-order valence-corrected chi connectivity index (χ4v) is 3.29. The van der Waals surface area contributed by atoms with Gasteiger partial charge in [0.05, 0.1) is 5.69 Å². The van der Waals surface area contributed by atoms with Gasteiger partial charge in [0.25, 0.3) is 11.8 Å². The Morgan fingerprint density at radius 1 is 1.12 bits per heavy atom. The van der Waals surface area contributed by atoms with Gasteiger partial charge in [0, 0.05) is 4.88 Å². The van der Waals surface area contributed by atoms with Gasteiger partial charge in [-0.1, -0.05) is 19.1 Å². The quantitative estimate of drug-likeness (QED) is 0.689. The van der Waals surface area contributed by atoms with E-state index in [9.17, 15) is 14.4 Å². The smallest absolute Gasteiger partial charge is 0.273 e. The predicted molar refractivity (Wildman–Crippen MR) is 93.9 cm³/mol. The van der Waals surface area contributed by atoms with Crippen LogP contribution in [0.1, 0.15) is 22.9 Å². The molecule has 4 amide bonds. The van der Waals surface area contributed by atoms with E-state index in [4.69, 9.17) is 0 Å². The molecule has 0 aliphatic carbocycles. The first-order valence-corrected chi connectivity index (χ1v) is 8.43. The fraction of sp³-hybridized carbons (Fsp3) is 0.167. The summed E-state index contributed by atoms with van der Waals surface area (Å²) in [7, 11) is 0. The van der Waals surface area contributed by atoms with E-state index in [0.29, 0.717) is 5.69 Å². The van der Waals surface area contributed by atoms with Gasteiger partial charge in [0.1, 0.15) is 5.57 Å². The van der Waals surface area contributed by atoms with E-state index in [1.807, 2.05) is 37.4 Å². The number of imide groups is 2. The van der Waals surface area contributed by atoms with E-state index in [-0.39, 0.29) is 5.57 Å². The van der Waals surface area contributed by atoms with Crippen molar-refractivity contribution in [3.05, 3.63) is 57.3 Å². The molecule has 1 N–H and O–H groups in total. The maximum atomic E-state index is 12.7. The van der Waals surface area contributed by atoms with Crippen molar-refractivity contribution in [2.24, 2.45) is 0 Å². The molecule has 1 saturated heterocycles. The molecule has 2 heterocycles. The van der Waals surface area contributed by atoms with Gasteiger partial charge >= 0.3 is 6.03 Å². The second-order valence-corrected chi connectivity index (χ2v) is 6.39. The molecule has 6 heteroatoms. The molecule has 0 saturated carbocycles. The van der Waals surface area contributed by atoms with Gasteiger partial charge in [0.2, 0.25) is 0 Å². The van der Waals surface area contributed by atoms with Crippen LogP contribution < -0.4 is 10.2 Å². The SMILES string of the molecule is CCc1ccc(N2C(=O)NC(=O)/C(=C/c3sccc3C)C2=O)cc1. The van der Waals surface area contributed by atoms with Crippen molar-refractivity contribution < 1.29 is 14.4 Å². The van der Waals surface area contributed by atoms with Gasteiger partial charge < -0.3 is 0 Å². The molecule has 0 radical (unpaired) electrons. The summed E-state index contributed by atoms with van der Waals surface area (Å²) in [5.74, 6) is -1.28. The second-order valence-electron chi connectivity index (χ2n) is 5.45. The van der Waals surface area contributed by atoms with Crippen LogP contribution in [0.15, 0.2) is 41.3 Å². The van der Waals surface area contributed by atoms with Gasteiger partial charge in [-0.15, -0.1) is 11.3 Å². The first kappa shape index (κ1) is 16.1. The van der Waals surface area contributed by atoms with Crippen molar-refractivity contribution in [2.45, 2.75) is 20.3 Å². The van der Waals surface area contributed by atoms with Crippen LogP contribution in [0, 0.1) is 6.92 Å². The van der Waals surface area contributed by atoms with Crippen LogP contribution >= 0.6 is 11.3 Å². The van der Waals surface area contributed by atoms with Crippen LogP contribution in [0.25, 0.3) is 6.08 Å². The number of anilines is 1. The number of nitrogens with one attached hydrogen (secondary N) is 1. The standard InChI is InChI=1S/C18H16N2O3S/c1-3-12-4-6-13(7-5-12)20-17(22)14(16(21)19-18(20)23)10-15-11(2)8-9-24-15/h4-10H,3H2,1-2H3,(H,19,21,23)/b14-10-. The summed E-state index contributed by atoms with van der Waals surface area (Å²) in [6, 6.07) is 8.32. The molecule has 3 rings (SSSR count). The average molecular weight is 340 g/mol. The van der Waals surface area contributed by atoms with Gasteiger partial charge in [-0.25, -0.2) is 9.69 Å². The number of aryl methyl sites for hydroxylation is 2. The molecule has 122 valence electrons. The third kappa shape index (κ3) is 2.88. The third-order valence-corrected chi connectivity index (χ3v) is 4.85. The minimum absolute atomic E-state index is 0.0419. The Kier molecular flexibility index (Phi) is 4.31. The number of rotatable bonds is 3. The Bertz CT molecular complexity index is 849. The van der Waals surface area contributed by atoms with Gasteiger partial charge in [-0.3, -0.25) is 14.9 Å². The lowest BCUT2D eigenvalue weighted by atomic mass is 10.1. The highest BCUT2D eigenvalue weighted by atomic mass is 32.1. The topological polar surface area (TPSA) is 66.5 Å². The molecule has 2 aromatic rings. The van der Waals surface area contributed by atoms with E-state index in [1.165, 1.54) is 17.4 Å². The molecule has 1 aromatic carbocycles. The number of hydrogen-bond acceptors (Lipinski definition) is 4. The average Bonchev–Trinajstić information content (AvgIpc) is 2.97. The summed E-state index contributed by atoms with van der Waals surface area (Å²) in [6.45, 7) is 3.93. The Hall–Kier alpha value is -2.73. The zero-order valence-corrected chi connectivity index (χ0v) is 14.1. The minimum Gasteiger partial charge on any atom is -0.273 e. The van der Waals surface area contributed by atoms with Crippen LogP contribution in [-0.2, 0) is 16.0 Å². The predicted octanol–water partition coefficient (Wildman–Crippen LogP) is 3.29. The largest absolute Gasteiger partial charge is 0.335 e. The Morgan fingerprint density at radius 2 is 1.83 bits per heavy atom. The number of urea groups is 1. The molecule has 1 aliphatic heterocycles. The summed E-state index contributed by atoms with van der Waals surface area (Å²) in [4.78, 5) is 38.8. The summed E-state index contributed by atoms with van der Waals surface area (Å²) in [6.07, 6.45) is 2.40. The van der Waals surface area contributed by atoms with Crippen molar-refractivity contribution in [2.75, 3.05) is 4.90 Å². The third-order valence-electron chi connectivity index (χ3n) is 3.88. The summed E-state index contributed by atoms with van der Waals surface area (Å²) in [5.41, 5.74) is 2.48. The monoisotopic (exact) mass is 340 g/mol. The molecular formula is C18H16N2O3S. The van der Waals surface area contributed by atoms with E-state index in [2.05, 4.69) is 5.32 Å². The number of benzene rings is 1. The Morgan fingerprint density at radius 3 is 2.42 bits per heavy atom. The fourth-order valence-electron chi connectivity index (χ4n) is 2.44. The lowest BCUT2D eigenvalue weighted by molar-refractivity contribution is -0.122. The highest BCUT2D eigenvalue weighted by molar-refractivity contribution is 7.11. The zero-order chi connectivity index (χ0) is 17.3. The Balaban J connectivity index is 1.99. The van der Waals surface area contributed by atoms with Gasteiger partial charge in [-0.05, 0) is 54.1 Å². The van der Waals surface area contributed by atoms with Crippen molar-refractivity contribution >= 4 is 40.9 Å². The number of carbonyl (C=O) groups is 3. The second kappa shape index (κ2) is 6.41. The molecule has 0 unspecified atom stereocenters. The van der Waals surface area contributed by atoms with E-state index < -0.39 is 17.8 Å². The first-order chi connectivity index (χ1) is 11.5. The van der Waals surface area contributed by atoms with Crippen LogP contribution in [0.5, 0.6) is 0 Å². The molecule has 24 heavy (non-hydrogen) atoms. The number of nitrogens with zero attached hydrogens (tertiary/aromatic N) is 1. The van der Waals surface area contributed by atoms with Crippen LogP contribution in [0.2, 0.25) is 0 Å². The van der Waals surface area contributed by atoms with E-state index in [1.54, 1.807) is 12.1 Å². The number of barbiturate groups is 1. The van der Waals surface area contributed by atoms with Crippen molar-refractivity contribution in [1.82, 2.24) is 5.32 Å². The van der Waals surface area contributed by atoms with Crippen LogP contribution in [0.4, 0.5) is 10.5 Å². The maximum absolute atomic E-state index is 12.7. The molecule has 1 fully saturated rings. The highest BCUT2D eigenvalue weighted by Crippen LogP contribution is 2.25. The summed E-state index contributed by atoms with van der Waals surface area (Å²) >= 11 is 1.44. The van der Waals surface area contributed by atoms with Gasteiger partial charge in [0.15, 0.2) is 0 Å². The van der Waals surface area contributed by atoms with E-state index >= 15 is 0 Å². The molecule has 0 spiro atoms. The number of carbonyl (C=O) groups excluding carboxylic acids is 3. The molecule has 0 atom stereocenters. The maximum Gasteiger partial charge on any atom is 0.335 e.